The molecule has 1 saturated carbocycles. The molecule has 3 heterocycles. The van der Waals surface area contributed by atoms with Gasteiger partial charge in [-0.2, -0.15) is 23.5 Å². The molecule has 0 bridgehead atoms. The number of allylic oxidation sites excluding steroid dienone is 2. The number of aromatic nitrogens is 2. The monoisotopic (exact) mass is 582 g/mol. The lowest BCUT2D eigenvalue weighted by molar-refractivity contribution is -0.137. The van der Waals surface area contributed by atoms with Gasteiger partial charge >= 0.3 is 12.3 Å². The highest BCUT2D eigenvalue weighted by Crippen LogP contribution is 2.56. The SMILES string of the molecule is CNC1=C(C#N)C(c2cnn(Cc3cccc(C(F)(F)F)c3)c2)=NCC[C@@H]1C1CC2(CCN(C(=O)OC(C)(C)C)C2)C1. The average molecular weight is 583 g/mol. The lowest BCUT2D eigenvalue weighted by atomic mass is 9.56. The first-order valence-corrected chi connectivity index (χ1v) is 14.3. The number of nitrogens with zero attached hydrogens (tertiary/aromatic N) is 5. The molecule has 42 heavy (non-hydrogen) atoms. The van der Waals surface area contributed by atoms with Crippen LogP contribution in [0.25, 0.3) is 0 Å². The summed E-state index contributed by atoms with van der Waals surface area (Å²) in [7, 11) is 1.83. The number of likely N-dealkylation sites (tertiary alicyclic amines) is 1. The molecule has 1 aromatic carbocycles. The second-order valence-corrected chi connectivity index (χ2v) is 12.7. The first-order chi connectivity index (χ1) is 19.8. The molecule has 0 unspecified atom stereocenters. The van der Waals surface area contributed by atoms with E-state index in [0.29, 0.717) is 48.0 Å². The van der Waals surface area contributed by atoms with E-state index in [1.54, 1.807) is 23.1 Å². The minimum absolute atomic E-state index is 0.0910. The van der Waals surface area contributed by atoms with E-state index in [1.807, 2.05) is 32.7 Å². The first kappa shape index (κ1) is 29.7. The molecule has 1 atom stereocenters. The molecule has 1 spiro atoms. The first-order valence-electron chi connectivity index (χ1n) is 14.3. The summed E-state index contributed by atoms with van der Waals surface area (Å²) in [4.78, 5) is 19.2. The van der Waals surface area contributed by atoms with Crippen molar-refractivity contribution in [1.29, 1.82) is 5.26 Å². The van der Waals surface area contributed by atoms with Gasteiger partial charge in [0.15, 0.2) is 0 Å². The van der Waals surface area contributed by atoms with Gasteiger partial charge in [-0.25, -0.2) is 4.79 Å². The molecule has 5 rings (SSSR count). The highest BCUT2D eigenvalue weighted by molar-refractivity contribution is 6.15. The maximum atomic E-state index is 13.2. The highest BCUT2D eigenvalue weighted by atomic mass is 19.4. The number of aliphatic imine (C=N–C) groups is 1. The Hall–Kier alpha value is -3.81. The van der Waals surface area contributed by atoms with Gasteiger partial charge < -0.3 is 15.0 Å². The van der Waals surface area contributed by atoms with Gasteiger partial charge in [0.2, 0.25) is 0 Å². The van der Waals surface area contributed by atoms with E-state index in [4.69, 9.17) is 9.73 Å². The Kier molecular flexibility index (Phi) is 7.86. The Morgan fingerprint density at radius 2 is 2.02 bits per heavy atom. The highest BCUT2D eigenvalue weighted by Gasteiger charge is 2.52. The zero-order valence-electron chi connectivity index (χ0n) is 24.5. The van der Waals surface area contributed by atoms with Gasteiger partial charge in [-0.15, -0.1) is 0 Å². The maximum absolute atomic E-state index is 13.2. The Labute approximate surface area is 244 Å². The number of alkyl halides is 3. The maximum Gasteiger partial charge on any atom is 0.416 e. The van der Waals surface area contributed by atoms with Crippen molar-refractivity contribution >= 4 is 11.8 Å². The number of carbonyl (C=O) groups excluding carboxylic acids is 1. The molecule has 1 N–H and O–H groups in total. The third kappa shape index (κ3) is 6.18. The minimum Gasteiger partial charge on any atom is -0.444 e. The lowest BCUT2D eigenvalue weighted by Crippen LogP contribution is -2.45. The van der Waals surface area contributed by atoms with Gasteiger partial charge in [-0.1, -0.05) is 12.1 Å². The van der Waals surface area contributed by atoms with Crippen molar-refractivity contribution in [3.63, 3.8) is 0 Å². The van der Waals surface area contributed by atoms with Crippen LogP contribution in [-0.2, 0) is 17.5 Å². The normalized spacial score (nSPS) is 24.6. The number of hydrogen-bond acceptors (Lipinski definition) is 6. The van der Waals surface area contributed by atoms with Gasteiger partial charge in [-0.3, -0.25) is 9.67 Å². The van der Waals surface area contributed by atoms with Crippen molar-refractivity contribution in [2.24, 2.45) is 22.2 Å². The van der Waals surface area contributed by atoms with Crippen molar-refractivity contribution in [3.05, 3.63) is 64.6 Å². The number of rotatable bonds is 5. The molecule has 0 radical (unpaired) electrons. The zero-order chi connectivity index (χ0) is 30.3. The second-order valence-electron chi connectivity index (χ2n) is 12.7. The molecule has 1 aromatic heterocycles. The summed E-state index contributed by atoms with van der Waals surface area (Å²) < 4.78 is 46.6. The number of ether oxygens (including phenoxy) is 1. The summed E-state index contributed by atoms with van der Waals surface area (Å²) in [5.74, 6) is 0.500. The molecule has 3 aliphatic rings. The number of carbonyl (C=O) groups is 1. The fraction of sp³-hybridized carbons (Fsp3) is 0.548. The largest absolute Gasteiger partial charge is 0.444 e. The van der Waals surface area contributed by atoms with Crippen LogP contribution in [0.5, 0.6) is 0 Å². The molecular formula is C31H37F3N6O2. The number of halogens is 3. The molecule has 2 fully saturated rings. The van der Waals surface area contributed by atoms with Gasteiger partial charge in [0.1, 0.15) is 11.7 Å². The summed E-state index contributed by atoms with van der Waals surface area (Å²) >= 11 is 0. The van der Waals surface area contributed by atoms with E-state index in [-0.39, 0.29) is 24.0 Å². The van der Waals surface area contributed by atoms with Gasteiger partial charge in [0.25, 0.3) is 0 Å². The van der Waals surface area contributed by atoms with E-state index in [2.05, 4.69) is 16.5 Å². The van der Waals surface area contributed by atoms with Gasteiger partial charge in [0, 0.05) is 50.1 Å². The summed E-state index contributed by atoms with van der Waals surface area (Å²) in [6, 6.07) is 7.56. The topological polar surface area (TPSA) is 95.5 Å². The average Bonchev–Trinajstić information content (AvgIpc) is 3.50. The molecule has 11 heteroatoms. The Bertz CT molecular complexity index is 1440. The summed E-state index contributed by atoms with van der Waals surface area (Å²) in [6.07, 6.45) is 2.36. The van der Waals surface area contributed by atoms with Crippen molar-refractivity contribution in [2.75, 3.05) is 26.7 Å². The molecule has 8 nitrogen and oxygen atoms in total. The standard InChI is InChI=1S/C31H37F3N6O2/c1-29(2,3)42-28(41)39-11-9-30(19-39)13-21(14-30)24-8-10-37-26(25(15-35)27(24)36-4)22-16-38-40(18-22)17-20-6-5-7-23(12-20)31(32,33)34/h5-7,12,16,18,21,24,36H,8-11,13-14,17,19H2,1-4H3/t21?,24-,30?/m1/s1. The zero-order valence-corrected chi connectivity index (χ0v) is 24.5. The van der Waals surface area contributed by atoms with Crippen LogP contribution in [0.4, 0.5) is 18.0 Å². The Morgan fingerprint density at radius 1 is 1.26 bits per heavy atom. The Balaban J connectivity index is 1.29. The predicted molar refractivity (Wildman–Crippen MR) is 152 cm³/mol. The van der Waals surface area contributed by atoms with Crippen LogP contribution in [-0.4, -0.2) is 58.8 Å². The fourth-order valence-corrected chi connectivity index (χ4v) is 6.68. The van der Waals surface area contributed by atoms with E-state index in [1.165, 1.54) is 6.07 Å². The van der Waals surface area contributed by atoms with E-state index in [0.717, 1.165) is 43.5 Å². The van der Waals surface area contributed by atoms with Crippen LogP contribution >= 0.6 is 0 Å². The van der Waals surface area contributed by atoms with Gasteiger partial charge in [-0.05, 0) is 75.5 Å². The molecular weight excluding hydrogens is 545 g/mol. The molecule has 224 valence electrons. The summed E-state index contributed by atoms with van der Waals surface area (Å²) in [6.45, 7) is 7.72. The molecule has 1 aliphatic carbocycles. The van der Waals surface area contributed by atoms with Crippen LogP contribution in [0.3, 0.4) is 0 Å². The van der Waals surface area contributed by atoms with E-state index >= 15 is 0 Å². The molecule has 1 amide bonds. The van der Waals surface area contributed by atoms with Crippen LogP contribution in [0.2, 0.25) is 0 Å². The third-order valence-corrected chi connectivity index (χ3v) is 8.52. The summed E-state index contributed by atoms with van der Waals surface area (Å²) in [5.41, 5.74) is 1.88. The van der Waals surface area contributed by atoms with Crippen molar-refractivity contribution < 1.29 is 22.7 Å². The van der Waals surface area contributed by atoms with Crippen molar-refractivity contribution in [2.45, 2.75) is 64.8 Å². The van der Waals surface area contributed by atoms with Crippen LogP contribution in [0.1, 0.15) is 63.1 Å². The predicted octanol–water partition coefficient (Wildman–Crippen LogP) is 5.79. The van der Waals surface area contributed by atoms with E-state index in [9.17, 15) is 23.2 Å². The molecule has 2 aliphatic heterocycles. The number of nitriles is 1. The Morgan fingerprint density at radius 3 is 2.69 bits per heavy atom. The van der Waals surface area contributed by atoms with Crippen molar-refractivity contribution in [3.8, 4) is 6.07 Å². The van der Waals surface area contributed by atoms with Crippen LogP contribution in [0, 0.1) is 28.6 Å². The molecule has 1 saturated heterocycles. The molecule has 2 aromatic rings. The summed E-state index contributed by atoms with van der Waals surface area (Å²) in [5, 5.41) is 17.9. The minimum atomic E-state index is -4.41. The second kappa shape index (κ2) is 11.1. The number of benzene rings is 1. The van der Waals surface area contributed by atoms with Crippen LogP contribution < -0.4 is 5.32 Å². The lowest BCUT2D eigenvalue weighted by Gasteiger charge is -2.49. The smallest absolute Gasteiger partial charge is 0.416 e. The fourth-order valence-electron chi connectivity index (χ4n) is 6.68. The number of hydrogen-bond donors (Lipinski definition) is 1. The number of amides is 1. The van der Waals surface area contributed by atoms with Crippen LogP contribution in [0.15, 0.2) is 52.9 Å². The van der Waals surface area contributed by atoms with Gasteiger partial charge in [0.05, 0.1) is 29.6 Å². The quantitative estimate of drug-likeness (QED) is 0.481. The number of nitrogens with one attached hydrogen (secondary N) is 1. The third-order valence-electron chi connectivity index (χ3n) is 8.52. The van der Waals surface area contributed by atoms with Crippen molar-refractivity contribution in [1.82, 2.24) is 20.0 Å². The van der Waals surface area contributed by atoms with E-state index < -0.39 is 17.3 Å².